The first kappa shape index (κ1) is 11.6. The molecule has 7 heteroatoms. The number of aryl methyl sites for hydroxylation is 1. The van der Waals surface area contributed by atoms with Crippen LogP contribution < -0.4 is 5.32 Å². The number of anilines is 1. The number of hydrogen-bond donors (Lipinski definition) is 2. The molecular formula is C10H12N4O2S. The standard InChI is InChI=1S/C10H12N4O2S/c1-6-7(4-13-14(6)2)3-11-9-8(10(15)16)12-5-17-9/h4-5,11H,3H2,1-2H3,(H,15,16). The van der Waals surface area contributed by atoms with Gasteiger partial charge in [0.15, 0.2) is 5.69 Å². The molecule has 17 heavy (non-hydrogen) atoms. The first-order valence-corrected chi connectivity index (χ1v) is 5.85. The molecule has 6 nitrogen and oxygen atoms in total. The van der Waals surface area contributed by atoms with Crippen LogP contribution in [0, 0.1) is 6.92 Å². The molecule has 2 aromatic heterocycles. The summed E-state index contributed by atoms with van der Waals surface area (Å²) in [5.41, 5.74) is 3.68. The maximum absolute atomic E-state index is 10.9. The van der Waals surface area contributed by atoms with Crippen molar-refractivity contribution in [2.24, 2.45) is 7.05 Å². The van der Waals surface area contributed by atoms with E-state index in [1.54, 1.807) is 10.9 Å². The molecule has 2 aromatic rings. The number of aromatic nitrogens is 3. The average molecular weight is 252 g/mol. The number of nitrogens with zero attached hydrogens (tertiary/aromatic N) is 3. The van der Waals surface area contributed by atoms with Gasteiger partial charge in [0.2, 0.25) is 0 Å². The van der Waals surface area contributed by atoms with Gasteiger partial charge >= 0.3 is 5.97 Å². The first-order valence-electron chi connectivity index (χ1n) is 4.97. The van der Waals surface area contributed by atoms with Crippen LogP contribution in [-0.2, 0) is 13.6 Å². The van der Waals surface area contributed by atoms with Crippen LogP contribution in [0.3, 0.4) is 0 Å². The summed E-state index contributed by atoms with van der Waals surface area (Å²) in [4.78, 5) is 14.6. The fourth-order valence-corrected chi connectivity index (χ4v) is 2.09. The van der Waals surface area contributed by atoms with Crippen molar-refractivity contribution in [3.05, 3.63) is 28.7 Å². The second-order valence-corrected chi connectivity index (χ2v) is 4.42. The molecule has 90 valence electrons. The second kappa shape index (κ2) is 4.54. The molecular weight excluding hydrogens is 240 g/mol. The fourth-order valence-electron chi connectivity index (χ4n) is 1.42. The summed E-state index contributed by atoms with van der Waals surface area (Å²) >= 11 is 1.28. The van der Waals surface area contributed by atoms with E-state index < -0.39 is 5.97 Å². The lowest BCUT2D eigenvalue weighted by molar-refractivity contribution is 0.0692. The molecule has 0 aliphatic carbocycles. The van der Waals surface area contributed by atoms with Crippen LogP contribution in [0.5, 0.6) is 0 Å². The van der Waals surface area contributed by atoms with E-state index in [4.69, 9.17) is 5.11 Å². The summed E-state index contributed by atoms with van der Waals surface area (Å²) in [7, 11) is 1.87. The van der Waals surface area contributed by atoms with Crippen LogP contribution in [0.2, 0.25) is 0 Å². The Labute approximate surface area is 102 Å². The maximum atomic E-state index is 10.9. The van der Waals surface area contributed by atoms with Gasteiger partial charge < -0.3 is 10.4 Å². The molecule has 2 heterocycles. The SMILES string of the molecule is Cc1c(CNc2scnc2C(=O)O)cnn1C. The van der Waals surface area contributed by atoms with Gasteiger partial charge in [-0.3, -0.25) is 4.68 Å². The van der Waals surface area contributed by atoms with Crippen molar-refractivity contribution >= 4 is 22.3 Å². The molecule has 2 N–H and O–H groups in total. The van der Waals surface area contributed by atoms with Crippen molar-refractivity contribution in [3.8, 4) is 0 Å². The average Bonchev–Trinajstić information content (AvgIpc) is 2.86. The highest BCUT2D eigenvalue weighted by molar-refractivity contribution is 7.14. The van der Waals surface area contributed by atoms with E-state index >= 15 is 0 Å². The Morgan fingerprint density at radius 1 is 1.65 bits per heavy atom. The summed E-state index contributed by atoms with van der Waals surface area (Å²) < 4.78 is 1.78. The van der Waals surface area contributed by atoms with Crippen molar-refractivity contribution in [2.45, 2.75) is 13.5 Å². The smallest absolute Gasteiger partial charge is 0.357 e. The molecule has 0 saturated heterocycles. The summed E-state index contributed by atoms with van der Waals surface area (Å²) in [5.74, 6) is -1.02. The first-order chi connectivity index (χ1) is 8.09. The molecule has 0 atom stereocenters. The molecule has 2 rings (SSSR count). The number of thiazole rings is 1. The van der Waals surface area contributed by atoms with E-state index in [2.05, 4.69) is 15.4 Å². The molecule has 0 radical (unpaired) electrons. The van der Waals surface area contributed by atoms with Crippen molar-refractivity contribution in [3.63, 3.8) is 0 Å². The van der Waals surface area contributed by atoms with E-state index in [0.29, 0.717) is 11.5 Å². The van der Waals surface area contributed by atoms with Gasteiger partial charge in [-0.25, -0.2) is 9.78 Å². The number of rotatable bonds is 4. The lowest BCUT2D eigenvalue weighted by Gasteiger charge is -2.04. The lowest BCUT2D eigenvalue weighted by atomic mass is 10.2. The monoisotopic (exact) mass is 252 g/mol. The zero-order valence-electron chi connectivity index (χ0n) is 9.47. The molecule has 0 unspecified atom stereocenters. The number of nitrogens with one attached hydrogen (secondary N) is 1. The highest BCUT2D eigenvalue weighted by Crippen LogP contribution is 2.21. The van der Waals surface area contributed by atoms with Crippen molar-refractivity contribution in [1.82, 2.24) is 14.8 Å². The van der Waals surface area contributed by atoms with Crippen molar-refractivity contribution < 1.29 is 9.90 Å². The summed E-state index contributed by atoms with van der Waals surface area (Å²) in [6.07, 6.45) is 1.77. The van der Waals surface area contributed by atoms with Crippen LogP contribution in [0.15, 0.2) is 11.7 Å². The zero-order chi connectivity index (χ0) is 12.4. The molecule has 0 aliphatic heterocycles. The van der Waals surface area contributed by atoms with Gasteiger partial charge in [-0.15, -0.1) is 11.3 Å². The van der Waals surface area contributed by atoms with Gasteiger partial charge in [-0.2, -0.15) is 5.10 Å². The van der Waals surface area contributed by atoms with Crippen molar-refractivity contribution in [1.29, 1.82) is 0 Å². The Morgan fingerprint density at radius 2 is 2.41 bits per heavy atom. The normalized spacial score (nSPS) is 10.5. The van der Waals surface area contributed by atoms with Crippen LogP contribution in [0.25, 0.3) is 0 Å². The number of carboxylic acid groups (broad SMARTS) is 1. The third kappa shape index (κ3) is 2.28. The van der Waals surface area contributed by atoms with Gasteiger partial charge in [-0.05, 0) is 6.92 Å². The Kier molecular flexibility index (Phi) is 3.10. The van der Waals surface area contributed by atoms with Gasteiger partial charge in [0.1, 0.15) is 5.00 Å². The quantitative estimate of drug-likeness (QED) is 0.861. The third-order valence-electron chi connectivity index (χ3n) is 2.55. The zero-order valence-corrected chi connectivity index (χ0v) is 10.3. The van der Waals surface area contributed by atoms with E-state index in [1.165, 1.54) is 16.8 Å². The van der Waals surface area contributed by atoms with Crippen LogP contribution in [-0.4, -0.2) is 25.8 Å². The third-order valence-corrected chi connectivity index (χ3v) is 3.33. The number of hydrogen-bond acceptors (Lipinski definition) is 5. The predicted octanol–water partition coefficient (Wildman–Crippen LogP) is 1.50. The Bertz CT molecular complexity index is 546. The summed E-state index contributed by atoms with van der Waals surface area (Å²) in [6.45, 7) is 2.51. The van der Waals surface area contributed by atoms with Crippen LogP contribution in [0.4, 0.5) is 5.00 Å². The van der Waals surface area contributed by atoms with Crippen LogP contribution >= 0.6 is 11.3 Å². The lowest BCUT2D eigenvalue weighted by Crippen LogP contribution is -2.05. The Balaban J connectivity index is 2.10. The summed E-state index contributed by atoms with van der Waals surface area (Å²) in [6, 6.07) is 0. The number of carboxylic acids is 1. The molecule has 0 saturated carbocycles. The van der Waals surface area contributed by atoms with Gasteiger partial charge in [0.25, 0.3) is 0 Å². The second-order valence-electron chi connectivity index (χ2n) is 3.57. The van der Waals surface area contributed by atoms with E-state index in [1.807, 2.05) is 14.0 Å². The Hall–Kier alpha value is -1.89. The van der Waals surface area contributed by atoms with Crippen molar-refractivity contribution in [2.75, 3.05) is 5.32 Å². The van der Waals surface area contributed by atoms with E-state index in [9.17, 15) is 4.79 Å². The minimum absolute atomic E-state index is 0.0662. The molecule has 0 bridgehead atoms. The minimum atomic E-state index is -1.02. The molecule has 0 fully saturated rings. The highest BCUT2D eigenvalue weighted by Gasteiger charge is 2.13. The minimum Gasteiger partial charge on any atom is -0.476 e. The largest absolute Gasteiger partial charge is 0.476 e. The summed E-state index contributed by atoms with van der Waals surface area (Å²) in [5, 5.41) is 16.7. The number of aromatic carboxylic acids is 1. The maximum Gasteiger partial charge on any atom is 0.357 e. The number of carbonyl (C=O) groups is 1. The van der Waals surface area contributed by atoms with Gasteiger partial charge in [0.05, 0.1) is 11.7 Å². The fraction of sp³-hybridized carbons (Fsp3) is 0.300. The highest BCUT2D eigenvalue weighted by atomic mass is 32.1. The topological polar surface area (TPSA) is 80.0 Å². The van der Waals surface area contributed by atoms with Gasteiger partial charge in [-0.1, -0.05) is 0 Å². The van der Waals surface area contributed by atoms with E-state index in [0.717, 1.165) is 11.3 Å². The van der Waals surface area contributed by atoms with Gasteiger partial charge in [0, 0.05) is 24.8 Å². The molecule has 0 aromatic carbocycles. The van der Waals surface area contributed by atoms with Crippen LogP contribution in [0.1, 0.15) is 21.7 Å². The molecule has 0 aliphatic rings. The molecule has 0 amide bonds. The molecule has 0 spiro atoms. The Morgan fingerprint density at radius 3 is 3.00 bits per heavy atom. The predicted molar refractivity (Wildman–Crippen MR) is 64.3 cm³/mol. The van der Waals surface area contributed by atoms with E-state index in [-0.39, 0.29) is 5.69 Å².